The molecule has 0 aliphatic heterocycles. The molecule has 3 aromatic rings. The lowest BCUT2D eigenvalue weighted by atomic mass is 9.94. The third-order valence-corrected chi connectivity index (χ3v) is 5.12. The Morgan fingerprint density at radius 2 is 1.71 bits per heavy atom. The van der Waals surface area contributed by atoms with Crippen molar-refractivity contribution in [1.82, 2.24) is 5.32 Å². The van der Waals surface area contributed by atoms with Crippen molar-refractivity contribution in [2.24, 2.45) is 0 Å². The van der Waals surface area contributed by atoms with Crippen molar-refractivity contribution in [3.63, 3.8) is 0 Å². The fourth-order valence-corrected chi connectivity index (χ4v) is 3.72. The summed E-state index contributed by atoms with van der Waals surface area (Å²) in [5.41, 5.74) is 2.76. The minimum Gasteiger partial charge on any atom is -0.455 e. The van der Waals surface area contributed by atoms with Crippen LogP contribution in [0.2, 0.25) is 0 Å². The zero-order chi connectivity index (χ0) is 19.7. The van der Waals surface area contributed by atoms with E-state index in [0.717, 1.165) is 17.5 Å². The molecule has 1 amide bonds. The highest BCUT2D eigenvalue weighted by Gasteiger charge is 2.30. The Kier molecular flexibility index (Phi) is 4.82. The van der Waals surface area contributed by atoms with Crippen LogP contribution in [-0.4, -0.2) is 11.7 Å². The monoisotopic (exact) mass is 377 g/mol. The molecule has 1 N–H and O–H groups in total. The number of carbonyl (C=O) groups excluding carboxylic acids is 2. The van der Waals surface area contributed by atoms with Crippen LogP contribution in [-0.2, 0) is 6.42 Å². The molecule has 0 bridgehead atoms. The zero-order valence-electron chi connectivity index (χ0n) is 15.5. The fourth-order valence-electron chi connectivity index (χ4n) is 3.72. The van der Waals surface area contributed by atoms with Crippen molar-refractivity contribution in [3.05, 3.63) is 94.2 Å². The van der Waals surface area contributed by atoms with E-state index in [9.17, 15) is 14.0 Å². The molecule has 4 rings (SSSR count). The maximum Gasteiger partial charge on any atom is 0.288 e. The summed E-state index contributed by atoms with van der Waals surface area (Å²) in [6.45, 7) is 1.75. The van der Waals surface area contributed by atoms with Crippen LogP contribution >= 0.6 is 0 Å². The van der Waals surface area contributed by atoms with Crippen molar-refractivity contribution in [2.75, 3.05) is 0 Å². The fraction of sp³-hybridized carbons (Fsp3) is 0.217. The van der Waals surface area contributed by atoms with E-state index in [2.05, 4.69) is 5.32 Å². The van der Waals surface area contributed by atoms with Gasteiger partial charge in [-0.05, 0) is 36.6 Å². The first kappa shape index (κ1) is 18.2. The van der Waals surface area contributed by atoms with E-state index >= 15 is 0 Å². The third kappa shape index (κ3) is 3.36. The predicted octanol–water partition coefficient (Wildman–Crippen LogP) is 4.77. The lowest BCUT2D eigenvalue weighted by Gasteiger charge is -2.19. The summed E-state index contributed by atoms with van der Waals surface area (Å²) in [6.07, 6.45) is 1.88. The second-order valence-corrected chi connectivity index (χ2v) is 7.00. The van der Waals surface area contributed by atoms with Crippen molar-refractivity contribution < 1.29 is 18.4 Å². The number of rotatable bonds is 4. The maximum atomic E-state index is 13.4. The van der Waals surface area contributed by atoms with Crippen molar-refractivity contribution >= 4 is 11.7 Å². The van der Waals surface area contributed by atoms with Gasteiger partial charge in [0.2, 0.25) is 0 Å². The Labute approximate surface area is 162 Å². The Morgan fingerprint density at radius 3 is 2.39 bits per heavy atom. The second kappa shape index (κ2) is 7.43. The van der Waals surface area contributed by atoms with Crippen LogP contribution in [0.1, 0.15) is 62.2 Å². The molecular formula is C23H20FNO3. The van der Waals surface area contributed by atoms with Gasteiger partial charge < -0.3 is 9.73 Å². The van der Waals surface area contributed by atoms with E-state index in [1.807, 2.05) is 30.3 Å². The van der Waals surface area contributed by atoms with E-state index in [1.54, 1.807) is 19.1 Å². The maximum absolute atomic E-state index is 13.4. The third-order valence-electron chi connectivity index (χ3n) is 5.12. The van der Waals surface area contributed by atoms with Crippen LogP contribution in [0.4, 0.5) is 4.39 Å². The number of fused-ring (bicyclic) bond motifs is 1. The highest BCUT2D eigenvalue weighted by atomic mass is 19.1. The van der Waals surface area contributed by atoms with Gasteiger partial charge in [-0.25, -0.2) is 4.39 Å². The number of carbonyl (C=O) groups is 2. The van der Waals surface area contributed by atoms with Crippen molar-refractivity contribution in [2.45, 2.75) is 32.2 Å². The molecule has 4 nitrogen and oxygen atoms in total. The summed E-state index contributed by atoms with van der Waals surface area (Å²) in [4.78, 5) is 25.2. The second-order valence-electron chi connectivity index (χ2n) is 7.00. The molecule has 1 aliphatic rings. The topological polar surface area (TPSA) is 59.3 Å². The smallest absolute Gasteiger partial charge is 0.288 e. The number of nitrogens with one attached hydrogen (secondary N) is 1. The van der Waals surface area contributed by atoms with Crippen LogP contribution in [0.3, 0.4) is 0 Å². The number of amides is 1. The van der Waals surface area contributed by atoms with Crippen molar-refractivity contribution in [1.29, 1.82) is 0 Å². The van der Waals surface area contributed by atoms with Gasteiger partial charge in [0, 0.05) is 18.4 Å². The van der Waals surface area contributed by atoms with E-state index in [1.165, 1.54) is 12.1 Å². The predicted molar refractivity (Wildman–Crippen MR) is 103 cm³/mol. The van der Waals surface area contributed by atoms with Crippen LogP contribution in [0.25, 0.3) is 0 Å². The molecule has 0 radical (unpaired) electrons. The molecule has 1 atom stereocenters. The summed E-state index contributed by atoms with van der Waals surface area (Å²) < 4.78 is 19.1. The summed E-state index contributed by atoms with van der Waals surface area (Å²) in [5.74, 6) is 0.0627. The number of halogens is 1. The molecule has 5 heteroatoms. The first-order valence-corrected chi connectivity index (χ1v) is 9.31. The summed E-state index contributed by atoms with van der Waals surface area (Å²) >= 11 is 0. The molecule has 28 heavy (non-hydrogen) atoms. The summed E-state index contributed by atoms with van der Waals surface area (Å²) in [6, 6.07) is 15.0. The Bertz CT molecular complexity index is 1020. The molecule has 0 saturated heterocycles. The normalized spacial score (nSPS) is 14.4. The Balaban J connectivity index is 1.69. The van der Waals surface area contributed by atoms with Gasteiger partial charge in [-0.3, -0.25) is 9.59 Å². The Hall–Kier alpha value is -3.21. The first-order valence-electron chi connectivity index (χ1n) is 9.31. The molecule has 1 aromatic heterocycles. The highest BCUT2D eigenvalue weighted by molar-refractivity contribution is 6.03. The quantitative estimate of drug-likeness (QED) is 0.713. The van der Waals surface area contributed by atoms with E-state index in [0.29, 0.717) is 29.7 Å². The van der Waals surface area contributed by atoms with Gasteiger partial charge in [-0.15, -0.1) is 0 Å². The van der Waals surface area contributed by atoms with Gasteiger partial charge in [-0.2, -0.15) is 0 Å². The van der Waals surface area contributed by atoms with E-state index in [-0.39, 0.29) is 17.4 Å². The number of hydrogen-bond donors (Lipinski definition) is 1. The molecule has 142 valence electrons. The largest absolute Gasteiger partial charge is 0.455 e. The molecule has 0 unspecified atom stereocenters. The van der Waals surface area contributed by atoms with E-state index < -0.39 is 11.9 Å². The number of hydrogen-bond acceptors (Lipinski definition) is 3. The molecule has 0 spiro atoms. The number of ketones is 1. The number of furan rings is 1. The van der Waals surface area contributed by atoms with Crippen LogP contribution in [0.15, 0.2) is 59.0 Å². The number of aryl methyl sites for hydroxylation is 1. The van der Waals surface area contributed by atoms with Gasteiger partial charge in [0.25, 0.3) is 5.91 Å². The van der Waals surface area contributed by atoms with E-state index in [4.69, 9.17) is 4.42 Å². The van der Waals surface area contributed by atoms with Crippen LogP contribution < -0.4 is 5.32 Å². The molecular weight excluding hydrogens is 357 g/mol. The van der Waals surface area contributed by atoms with Crippen molar-refractivity contribution in [3.8, 4) is 0 Å². The van der Waals surface area contributed by atoms with Crippen LogP contribution in [0, 0.1) is 12.7 Å². The average Bonchev–Trinajstić information content (AvgIpc) is 3.05. The summed E-state index contributed by atoms with van der Waals surface area (Å²) in [5, 5.41) is 2.98. The number of Topliss-reactive ketones (excluding diaryl/α,β-unsaturated/α-hetero) is 1. The minimum atomic E-state index is -0.466. The van der Waals surface area contributed by atoms with Crippen LogP contribution in [0.5, 0.6) is 0 Å². The summed E-state index contributed by atoms with van der Waals surface area (Å²) in [7, 11) is 0. The van der Waals surface area contributed by atoms with Gasteiger partial charge in [0.15, 0.2) is 11.5 Å². The van der Waals surface area contributed by atoms with Gasteiger partial charge in [0.05, 0.1) is 11.6 Å². The van der Waals surface area contributed by atoms with Gasteiger partial charge >= 0.3 is 0 Å². The van der Waals surface area contributed by atoms with Gasteiger partial charge in [-0.1, -0.05) is 42.5 Å². The molecule has 1 aliphatic carbocycles. The molecule has 1 heterocycles. The Morgan fingerprint density at radius 1 is 1.04 bits per heavy atom. The molecule has 0 fully saturated rings. The lowest BCUT2D eigenvalue weighted by molar-refractivity contribution is 0.0909. The molecule has 2 aromatic carbocycles. The lowest BCUT2D eigenvalue weighted by Crippen LogP contribution is -2.29. The first-order chi connectivity index (χ1) is 13.5. The highest BCUT2D eigenvalue weighted by Crippen LogP contribution is 2.30. The standard InChI is InChI=1S/C23H20FNO3/c1-14-20-18(26)8-5-9-19(20)28-22(14)23(27)25-21(15-6-3-2-4-7-15)16-10-12-17(24)13-11-16/h2-4,6-7,10-13,21H,5,8-9H2,1H3,(H,25,27)/t21-/m1/s1. The zero-order valence-corrected chi connectivity index (χ0v) is 15.5. The molecule has 0 saturated carbocycles. The van der Waals surface area contributed by atoms with Gasteiger partial charge in [0.1, 0.15) is 11.6 Å². The SMILES string of the molecule is Cc1c(C(=O)N[C@H](c2ccccc2)c2ccc(F)cc2)oc2c1C(=O)CCC2. The minimum absolute atomic E-state index is 0.0275. The number of benzene rings is 2. The average molecular weight is 377 g/mol.